The van der Waals surface area contributed by atoms with Crippen molar-refractivity contribution in [3.63, 3.8) is 0 Å². The molecule has 0 fully saturated rings. The smallest absolute Gasteiger partial charge is 0.257 e. The molecule has 146 valence electrons. The van der Waals surface area contributed by atoms with Gasteiger partial charge in [0.1, 0.15) is 0 Å². The van der Waals surface area contributed by atoms with Crippen molar-refractivity contribution in [1.29, 1.82) is 0 Å². The quantitative estimate of drug-likeness (QED) is 0.620. The van der Waals surface area contributed by atoms with E-state index in [0.29, 0.717) is 22.7 Å². The third-order valence-corrected chi connectivity index (χ3v) is 6.21. The Labute approximate surface area is 173 Å². The van der Waals surface area contributed by atoms with Gasteiger partial charge in [-0.05, 0) is 41.8 Å². The van der Waals surface area contributed by atoms with Crippen LogP contribution in [0, 0.1) is 6.92 Å². The molecule has 1 heterocycles. The Kier molecular flexibility index (Phi) is 6.17. The van der Waals surface area contributed by atoms with Crippen molar-refractivity contribution in [2.45, 2.75) is 19.1 Å². The van der Waals surface area contributed by atoms with Crippen LogP contribution in [0.3, 0.4) is 0 Å². The van der Waals surface area contributed by atoms with Crippen molar-refractivity contribution in [2.75, 3.05) is 11.6 Å². The van der Waals surface area contributed by atoms with Gasteiger partial charge in [-0.3, -0.25) is 10.1 Å². The number of aromatic nitrogens is 1. The third kappa shape index (κ3) is 5.64. The maximum atomic E-state index is 12.4. The van der Waals surface area contributed by atoms with Crippen molar-refractivity contribution in [3.8, 4) is 0 Å². The lowest BCUT2D eigenvalue weighted by Gasteiger charge is -2.04. The van der Waals surface area contributed by atoms with Gasteiger partial charge < -0.3 is 0 Å². The number of aryl methyl sites for hydroxylation is 1. The largest absolute Gasteiger partial charge is 0.298 e. The van der Waals surface area contributed by atoms with Gasteiger partial charge in [-0.1, -0.05) is 35.9 Å². The van der Waals surface area contributed by atoms with E-state index >= 15 is 0 Å². The van der Waals surface area contributed by atoms with E-state index in [-0.39, 0.29) is 11.7 Å². The second-order valence-electron chi connectivity index (χ2n) is 6.61. The molecular formula is C20H19ClN2O3S2. The van der Waals surface area contributed by atoms with E-state index in [1.807, 2.05) is 25.1 Å². The molecule has 2 aromatic carbocycles. The molecule has 0 aliphatic heterocycles. The highest BCUT2D eigenvalue weighted by Gasteiger charge is 2.11. The summed E-state index contributed by atoms with van der Waals surface area (Å²) in [5.41, 5.74) is 3.20. The molecule has 3 aromatic rings. The summed E-state index contributed by atoms with van der Waals surface area (Å²) >= 11 is 7.57. The summed E-state index contributed by atoms with van der Waals surface area (Å²) in [7, 11) is -3.10. The number of nitrogens with one attached hydrogen (secondary N) is 1. The van der Waals surface area contributed by atoms with Crippen LogP contribution in [0.1, 0.15) is 31.9 Å². The van der Waals surface area contributed by atoms with Gasteiger partial charge in [0.15, 0.2) is 15.0 Å². The first-order valence-electron chi connectivity index (χ1n) is 8.47. The van der Waals surface area contributed by atoms with E-state index in [1.54, 1.807) is 30.5 Å². The van der Waals surface area contributed by atoms with Crippen LogP contribution in [0.5, 0.6) is 0 Å². The van der Waals surface area contributed by atoms with Gasteiger partial charge in [0.25, 0.3) is 5.91 Å². The molecule has 0 spiro atoms. The molecule has 3 rings (SSSR count). The highest BCUT2D eigenvalue weighted by Crippen LogP contribution is 2.24. The molecule has 0 aliphatic rings. The predicted octanol–water partition coefficient (Wildman–Crippen LogP) is 4.49. The van der Waals surface area contributed by atoms with Gasteiger partial charge in [-0.15, -0.1) is 11.3 Å². The summed E-state index contributed by atoms with van der Waals surface area (Å²) in [6, 6.07) is 12.4. The van der Waals surface area contributed by atoms with Crippen LogP contribution in [-0.4, -0.2) is 25.6 Å². The molecule has 0 unspecified atom stereocenters. The topological polar surface area (TPSA) is 76.1 Å². The number of hydrogen-bond acceptors (Lipinski definition) is 5. The monoisotopic (exact) mass is 434 g/mol. The van der Waals surface area contributed by atoms with Crippen LogP contribution >= 0.6 is 22.9 Å². The molecular weight excluding hydrogens is 416 g/mol. The maximum Gasteiger partial charge on any atom is 0.257 e. The van der Waals surface area contributed by atoms with E-state index in [0.717, 1.165) is 21.0 Å². The fraction of sp³-hybridized carbons (Fsp3) is 0.200. The summed E-state index contributed by atoms with van der Waals surface area (Å²) in [5, 5.41) is 4.02. The Morgan fingerprint density at radius 2 is 1.82 bits per heavy atom. The first-order chi connectivity index (χ1) is 13.2. The highest BCUT2D eigenvalue weighted by molar-refractivity contribution is 7.89. The van der Waals surface area contributed by atoms with E-state index in [4.69, 9.17) is 11.6 Å². The molecule has 8 heteroatoms. The van der Waals surface area contributed by atoms with Crippen molar-refractivity contribution >= 4 is 43.8 Å². The van der Waals surface area contributed by atoms with Crippen LogP contribution in [0.2, 0.25) is 5.02 Å². The Morgan fingerprint density at radius 3 is 2.46 bits per heavy atom. The van der Waals surface area contributed by atoms with Crippen LogP contribution in [0.4, 0.5) is 5.13 Å². The summed E-state index contributed by atoms with van der Waals surface area (Å²) in [6.07, 6.45) is 3.61. The Hall–Kier alpha value is -2.22. The van der Waals surface area contributed by atoms with Crippen molar-refractivity contribution in [2.24, 2.45) is 0 Å². The second kappa shape index (κ2) is 8.43. The molecule has 0 bridgehead atoms. The third-order valence-electron chi connectivity index (χ3n) is 4.03. The minimum Gasteiger partial charge on any atom is -0.298 e. The van der Waals surface area contributed by atoms with Gasteiger partial charge in [0.2, 0.25) is 0 Å². The summed E-state index contributed by atoms with van der Waals surface area (Å²) < 4.78 is 22.7. The van der Waals surface area contributed by atoms with E-state index < -0.39 is 9.84 Å². The van der Waals surface area contributed by atoms with Gasteiger partial charge in [-0.25, -0.2) is 13.4 Å². The number of sulfone groups is 1. The lowest BCUT2D eigenvalue weighted by atomic mass is 10.1. The normalized spacial score (nSPS) is 11.4. The average Bonchev–Trinajstić information content (AvgIpc) is 3.04. The molecule has 0 aliphatic carbocycles. The molecule has 1 N–H and O–H groups in total. The number of amides is 1. The minimum absolute atomic E-state index is 0.0479. The molecule has 0 saturated carbocycles. The molecule has 0 atom stereocenters. The van der Waals surface area contributed by atoms with Crippen molar-refractivity contribution < 1.29 is 13.2 Å². The number of carbonyl (C=O) groups excluding carboxylic acids is 1. The number of thiazole rings is 1. The summed E-state index contributed by atoms with van der Waals surface area (Å²) in [4.78, 5) is 17.7. The SMILES string of the molecule is Cc1ccc(Cc2cnc(NC(=O)c3ccc(CS(C)(=O)=O)cc3)s2)cc1Cl. The van der Waals surface area contributed by atoms with Gasteiger partial charge in [-0.2, -0.15) is 0 Å². The Bertz CT molecular complexity index is 1110. The van der Waals surface area contributed by atoms with Gasteiger partial charge in [0, 0.05) is 34.3 Å². The molecule has 1 amide bonds. The number of benzene rings is 2. The molecule has 0 saturated heterocycles. The lowest BCUT2D eigenvalue weighted by molar-refractivity contribution is 0.102. The molecule has 1 aromatic heterocycles. The van der Waals surface area contributed by atoms with Gasteiger partial charge in [0.05, 0.1) is 5.75 Å². The van der Waals surface area contributed by atoms with Gasteiger partial charge >= 0.3 is 0 Å². The van der Waals surface area contributed by atoms with E-state index in [2.05, 4.69) is 10.3 Å². The van der Waals surface area contributed by atoms with Crippen molar-refractivity contribution in [1.82, 2.24) is 4.98 Å². The second-order valence-corrected chi connectivity index (χ2v) is 10.3. The standard InChI is InChI=1S/C20H19ClN2O3S2/c1-13-3-4-15(10-18(13)21)9-17-11-22-20(27-17)23-19(24)16-7-5-14(6-8-16)12-28(2,25)26/h3-8,10-11H,9,12H2,1-2H3,(H,22,23,24). The number of halogens is 1. The number of anilines is 1. The van der Waals surface area contributed by atoms with Crippen LogP contribution < -0.4 is 5.32 Å². The molecule has 0 radical (unpaired) electrons. The zero-order valence-electron chi connectivity index (χ0n) is 15.4. The van der Waals surface area contributed by atoms with E-state index in [1.165, 1.54) is 17.6 Å². The van der Waals surface area contributed by atoms with E-state index in [9.17, 15) is 13.2 Å². The number of hydrogen-bond donors (Lipinski definition) is 1. The average molecular weight is 435 g/mol. The number of rotatable bonds is 6. The highest BCUT2D eigenvalue weighted by atomic mass is 35.5. The minimum atomic E-state index is -3.10. The predicted molar refractivity (Wildman–Crippen MR) is 114 cm³/mol. The fourth-order valence-electron chi connectivity index (χ4n) is 2.62. The number of carbonyl (C=O) groups is 1. The fourth-order valence-corrected chi connectivity index (χ4v) is 4.46. The van der Waals surface area contributed by atoms with Crippen LogP contribution in [0.15, 0.2) is 48.7 Å². The Balaban J connectivity index is 1.64. The zero-order chi connectivity index (χ0) is 20.3. The van der Waals surface area contributed by atoms with Crippen molar-refractivity contribution in [3.05, 3.63) is 80.8 Å². The number of nitrogens with zero attached hydrogens (tertiary/aromatic N) is 1. The Morgan fingerprint density at radius 1 is 1.14 bits per heavy atom. The summed E-state index contributed by atoms with van der Waals surface area (Å²) in [5.74, 6) is -0.335. The van der Waals surface area contributed by atoms with Crippen LogP contribution in [0.25, 0.3) is 0 Å². The summed E-state index contributed by atoms with van der Waals surface area (Å²) in [6.45, 7) is 1.96. The molecule has 28 heavy (non-hydrogen) atoms. The van der Waals surface area contributed by atoms with Crippen LogP contribution in [-0.2, 0) is 22.0 Å². The zero-order valence-corrected chi connectivity index (χ0v) is 17.8. The first-order valence-corrected chi connectivity index (χ1v) is 11.7. The first kappa shape index (κ1) is 20.5. The maximum absolute atomic E-state index is 12.4. The molecule has 5 nitrogen and oxygen atoms in total. The lowest BCUT2D eigenvalue weighted by Crippen LogP contribution is -2.11.